The minimum absolute atomic E-state index is 0.0128. The lowest BCUT2D eigenvalue weighted by Gasteiger charge is -2.13. The van der Waals surface area contributed by atoms with Gasteiger partial charge in [-0.15, -0.1) is 0 Å². The second-order valence-electron chi connectivity index (χ2n) is 3.39. The van der Waals surface area contributed by atoms with Crippen molar-refractivity contribution in [2.24, 2.45) is 11.8 Å². The Morgan fingerprint density at radius 1 is 1.31 bits per heavy atom. The highest BCUT2D eigenvalue weighted by Gasteiger charge is 2.58. The molecule has 2 atom stereocenters. The smallest absolute Gasteiger partial charge is 0.233 e. The van der Waals surface area contributed by atoms with Gasteiger partial charge in [-0.2, -0.15) is 12.6 Å². The predicted octanol–water partition coefficient (Wildman–Crippen LogP) is 0.477. The maximum atomic E-state index is 11.4. The van der Waals surface area contributed by atoms with Crippen LogP contribution in [0.15, 0.2) is 12.2 Å². The van der Waals surface area contributed by atoms with Crippen molar-refractivity contribution < 1.29 is 9.59 Å². The Hall–Kier alpha value is -0.770. The fraction of sp³-hybridized carbons (Fsp3) is 0.556. The third-order valence-corrected chi connectivity index (χ3v) is 2.73. The molecule has 4 heteroatoms. The third kappa shape index (κ3) is 1.39. The summed E-state index contributed by atoms with van der Waals surface area (Å²) in [5.74, 6) is 0.717. The quantitative estimate of drug-likeness (QED) is 0.406. The van der Waals surface area contributed by atoms with Gasteiger partial charge in [0.2, 0.25) is 11.8 Å². The zero-order valence-electron chi connectivity index (χ0n) is 7.14. The van der Waals surface area contributed by atoms with Crippen LogP contribution in [0.3, 0.4) is 0 Å². The average molecular weight is 197 g/mol. The van der Waals surface area contributed by atoms with E-state index in [4.69, 9.17) is 0 Å². The molecule has 0 aromatic carbocycles. The topological polar surface area (TPSA) is 37.4 Å². The van der Waals surface area contributed by atoms with Crippen LogP contribution < -0.4 is 0 Å². The van der Waals surface area contributed by atoms with Gasteiger partial charge in [0.25, 0.3) is 0 Å². The maximum absolute atomic E-state index is 11.4. The molecule has 1 saturated carbocycles. The van der Waals surface area contributed by atoms with Gasteiger partial charge in [-0.25, -0.2) is 0 Å². The van der Waals surface area contributed by atoms with Gasteiger partial charge in [0.15, 0.2) is 0 Å². The number of fused-ring (bicyclic) bond motifs is 1. The molecule has 13 heavy (non-hydrogen) atoms. The van der Waals surface area contributed by atoms with E-state index < -0.39 is 0 Å². The molecular formula is C9H11NO2S. The standard InChI is InChI=1S/C9H11NO2S/c11-8-6-5-7(6)9(12)10(8)3-1-2-4-13/h1-2,6-7,13H,3-5H2. The number of rotatable bonds is 3. The fourth-order valence-corrected chi connectivity index (χ4v) is 1.83. The van der Waals surface area contributed by atoms with Crippen LogP contribution >= 0.6 is 12.6 Å². The van der Waals surface area contributed by atoms with E-state index in [1.54, 1.807) is 0 Å². The van der Waals surface area contributed by atoms with Crippen LogP contribution in [0.2, 0.25) is 0 Å². The normalized spacial score (nSPS) is 31.6. The highest BCUT2D eigenvalue weighted by Crippen LogP contribution is 2.46. The lowest BCUT2D eigenvalue weighted by molar-refractivity contribution is -0.140. The molecule has 2 unspecified atom stereocenters. The molecule has 1 saturated heterocycles. The van der Waals surface area contributed by atoms with Gasteiger partial charge in [-0.05, 0) is 6.42 Å². The van der Waals surface area contributed by atoms with Crippen molar-refractivity contribution in [2.45, 2.75) is 6.42 Å². The van der Waals surface area contributed by atoms with Gasteiger partial charge in [0.1, 0.15) is 0 Å². The number of thiol groups is 1. The first-order chi connectivity index (χ1) is 6.25. The molecular weight excluding hydrogens is 186 g/mol. The number of likely N-dealkylation sites (tertiary alicyclic amines) is 1. The van der Waals surface area contributed by atoms with Crippen molar-refractivity contribution in [3.05, 3.63) is 12.2 Å². The van der Waals surface area contributed by atoms with Crippen molar-refractivity contribution >= 4 is 24.4 Å². The van der Waals surface area contributed by atoms with Crippen LogP contribution in [-0.4, -0.2) is 29.0 Å². The Bertz CT molecular complexity index is 267. The van der Waals surface area contributed by atoms with Crippen LogP contribution in [0.5, 0.6) is 0 Å². The van der Waals surface area contributed by atoms with Gasteiger partial charge in [0, 0.05) is 12.3 Å². The molecule has 2 amide bonds. The zero-order valence-corrected chi connectivity index (χ0v) is 8.04. The summed E-state index contributed by atoms with van der Waals surface area (Å²) in [6, 6.07) is 0. The number of hydrogen-bond acceptors (Lipinski definition) is 3. The van der Waals surface area contributed by atoms with Gasteiger partial charge < -0.3 is 0 Å². The van der Waals surface area contributed by atoms with E-state index in [2.05, 4.69) is 12.6 Å². The van der Waals surface area contributed by atoms with E-state index >= 15 is 0 Å². The first-order valence-corrected chi connectivity index (χ1v) is 5.00. The molecule has 2 fully saturated rings. The van der Waals surface area contributed by atoms with E-state index in [1.807, 2.05) is 12.2 Å². The molecule has 0 radical (unpaired) electrons. The van der Waals surface area contributed by atoms with Gasteiger partial charge in [-0.3, -0.25) is 14.5 Å². The Morgan fingerprint density at radius 2 is 1.92 bits per heavy atom. The summed E-state index contributed by atoms with van der Waals surface area (Å²) in [6.07, 6.45) is 4.44. The molecule has 0 aromatic rings. The molecule has 3 nitrogen and oxygen atoms in total. The second kappa shape index (κ2) is 3.18. The monoisotopic (exact) mass is 197 g/mol. The summed E-state index contributed by atoms with van der Waals surface area (Å²) in [4.78, 5) is 24.2. The van der Waals surface area contributed by atoms with Crippen LogP contribution in [0.25, 0.3) is 0 Å². The van der Waals surface area contributed by atoms with Crippen LogP contribution in [0.4, 0.5) is 0 Å². The van der Waals surface area contributed by atoms with E-state index in [1.165, 1.54) is 4.90 Å². The largest absolute Gasteiger partial charge is 0.278 e. The lowest BCUT2D eigenvalue weighted by Crippen LogP contribution is -2.32. The highest BCUT2D eigenvalue weighted by atomic mass is 32.1. The summed E-state index contributed by atoms with van der Waals surface area (Å²) in [6.45, 7) is 0.422. The average Bonchev–Trinajstić information content (AvgIpc) is 2.85. The number of carbonyl (C=O) groups excluding carboxylic acids is 2. The highest BCUT2D eigenvalue weighted by molar-refractivity contribution is 7.80. The molecule has 0 bridgehead atoms. The maximum Gasteiger partial charge on any atom is 0.233 e. The van der Waals surface area contributed by atoms with Crippen molar-refractivity contribution in [1.82, 2.24) is 4.90 Å². The number of amides is 2. The molecule has 2 rings (SSSR count). The van der Waals surface area contributed by atoms with Crippen molar-refractivity contribution in [2.75, 3.05) is 12.3 Å². The Morgan fingerprint density at radius 3 is 2.46 bits per heavy atom. The number of piperidine rings is 1. The summed E-state index contributed by atoms with van der Waals surface area (Å²) < 4.78 is 0. The van der Waals surface area contributed by atoms with E-state index in [0.29, 0.717) is 12.3 Å². The van der Waals surface area contributed by atoms with Crippen LogP contribution in [0, 0.1) is 11.8 Å². The first kappa shape index (κ1) is 8.81. The minimum Gasteiger partial charge on any atom is -0.278 e. The summed E-state index contributed by atoms with van der Waals surface area (Å²) in [7, 11) is 0. The Balaban J connectivity index is 1.96. The third-order valence-electron chi connectivity index (χ3n) is 2.52. The number of nitrogens with zero attached hydrogens (tertiary/aromatic N) is 1. The molecule has 0 aromatic heterocycles. The van der Waals surface area contributed by atoms with E-state index in [-0.39, 0.29) is 23.7 Å². The molecule has 1 aliphatic heterocycles. The Labute approximate surface area is 82.2 Å². The van der Waals surface area contributed by atoms with E-state index in [9.17, 15) is 9.59 Å². The number of hydrogen-bond donors (Lipinski definition) is 1. The minimum atomic E-state index is 0.0128. The van der Waals surface area contributed by atoms with Crippen LogP contribution in [-0.2, 0) is 9.59 Å². The van der Waals surface area contributed by atoms with Crippen molar-refractivity contribution in [3.8, 4) is 0 Å². The number of imide groups is 1. The molecule has 0 spiro atoms. The SMILES string of the molecule is O=C1C2CC2C(=O)N1CC=CCS. The summed E-state index contributed by atoms with van der Waals surface area (Å²) in [5.41, 5.74) is 0. The fourth-order valence-electron chi connectivity index (χ4n) is 1.68. The van der Waals surface area contributed by atoms with E-state index in [0.717, 1.165) is 6.42 Å². The summed E-state index contributed by atoms with van der Waals surface area (Å²) in [5, 5.41) is 0. The van der Waals surface area contributed by atoms with Gasteiger partial charge in [-0.1, -0.05) is 12.2 Å². The Kier molecular flexibility index (Phi) is 2.15. The van der Waals surface area contributed by atoms with Gasteiger partial charge in [0.05, 0.1) is 11.8 Å². The van der Waals surface area contributed by atoms with Crippen molar-refractivity contribution in [3.63, 3.8) is 0 Å². The molecule has 0 N–H and O–H groups in total. The molecule has 1 heterocycles. The van der Waals surface area contributed by atoms with Crippen LogP contribution in [0.1, 0.15) is 6.42 Å². The molecule has 70 valence electrons. The zero-order chi connectivity index (χ0) is 9.42. The predicted molar refractivity (Wildman–Crippen MR) is 51.3 cm³/mol. The number of carbonyl (C=O) groups is 2. The molecule has 1 aliphatic carbocycles. The first-order valence-electron chi connectivity index (χ1n) is 4.36. The lowest BCUT2D eigenvalue weighted by atomic mass is 10.4. The van der Waals surface area contributed by atoms with Crippen molar-refractivity contribution in [1.29, 1.82) is 0 Å². The summed E-state index contributed by atoms with van der Waals surface area (Å²) >= 11 is 3.99. The van der Waals surface area contributed by atoms with Gasteiger partial charge >= 0.3 is 0 Å². The molecule has 2 aliphatic rings. The second-order valence-corrected chi connectivity index (χ2v) is 3.75.